The van der Waals surface area contributed by atoms with Crippen LogP contribution in [0.2, 0.25) is 5.02 Å². The molecule has 0 bridgehead atoms. The van der Waals surface area contributed by atoms with Crippen LogP contribution in [0, 0.1) is 0 Å². The van der Waals surface area contributed by atoms with Gasteiger partial charge in [-0.3, -0.25) is 0 Å². The number of hydrogen-bond donors (Lipinski definition) is 0. The van der Waals surface area contributed by atoms with Gasteiger partial charge in [0.2, 0.25) is 0 Å². The molecule has 0 saturated carbocycles. The van der Waals surface area contributed by atoms with Crippen LogP contribution in [0.5, 0.6) is 0 Å². The van der Waals surface area contributed by atoms with Crippen LogP contribution >= 0.6 is 23.4 Å². The van der Waals surface area contributed by atoms with Crippen molar-refractivity contribution in [1.82, 2.24) is 20.0 Å². The molecule has 4 nitrogen and oxygen atoms in total. The van der Waals surface area contributed by atoms with E-state index >= 15 is 0 Å². The third-order valence-electron chi connectivity index (χ3n) is 2.61. The molecule has 0 radical (unpaired) electrons. The van der Waals surface area contributed by atoms with Gasteiger partial charge in [0.05, 0.1) is 22.6 Å². The quantitative estimate of drug-likeness (QED) is 0.691. The van der Waals surface area contributed by atoms with E-state index in [0.717, 1.165) is 16.4 Å². The fourth-order valence-electron chi connectivity index (χ4n) is 1.67. The van der Waals surface area contributed by atoms with E-state index in [4.69, 9.17) is 11.6 Å². The standard InChI is InChI=1S/C14H11ClN4S/c15-13-7-4-8-16-14(13)20-10-11-9-17-19(18-11)12-5-2-1-3-6-12/h1-9H,10H2. The second-order valence-electron chi connectivity index (χ2n) is 4.04. The van der Waals surface area contributed by atoms with Crippen molar-refractivity contribution in [3.63, 3.8) is 0 Å². The molecule has 1 aromatic carbocycles. The smallest absolute Gasteiger partial charge is 0.115 e. The second kappa shape index (κ2) is 6.07. The Bertz CT molecular complexity index is 699. The zero-order valence-corrected chi connectivity index (χ0v) is 12.1. The Hall–Kier alpha value is -1.85. The van der Waals surface area contributed by atoms with Gasteiger partial charge in [-0.1, -0.05) is 41.6 Å². The molecule has 3 rings (SSSR count). The van der Waals surface area contributed by atoms with Gasteiger partial charge in [0.1, 0.15) is 5.03 Å². The van der Waals surface area contributed by atoms with Crippen molar-refractivity contribution in [1.29, 1.82) is 0 Å². The van der Waals surface area contributed by atoms with E-state index in [1.165, 1.54) is 0 Å². The number of nitrogens with zero attached hydrogens (tertiary/aromatic N) is 4. The number of rotatable bonds is 4. The molecule has 3 aromatic rings. The highest BCUT2D eigenvalue weighted by Crippen LogP contribution is 2.26. The number of para-hydroxylation sites is 1. The van der Waals surface area contributed by atoms with Crippen molar-refractivity contribution in [3.05, 3.63) is 65.6 Å². The van der Waals surface area contributed by atoms with Gasteiger partial charge in [-0.25, -0.2) is 4.98 Å². The summed E-state index contributed by atoms with van der Waals surface area (Å²) < 4.78 is 0. The number of thioether (sulfide) groups is 1. The molecule has 0 aliphatic carbocycles. The molecule has 0 aliphatic rings. The van der Waals surface area contributed by atoms with Crippen LogP contribution in [0.15, 0.2) is 59.9 Å². The van der Waals surface area contributed by atoms with Crippen LogP contribution in [-0.2, 0) is 5.75 Å². The minimum absolute atomic E-state index is 0.660. The van der Waals surface area contributed by atoms with Crippen molar-refractivity contribution >= 4 is 23.4 Å². The molecule has 0 fully saturated rings. The van der Waals surface area contributed by atoms with Crippen LogP contribution in [-0.4, -0.2) is 20.0 Å². The normalized spacial score (nSPS) is 10.7. The van der Waals surface area contributed by atoms with Crippen LogP contribution in [0.3, 0.4) is 0 Å². The lowest BCUT2D eigenvalue weighted by Gasteiger charge is -2.00. The average molecular weight is 303 g/mol. The summed E-state index contributed by atoms with van der Waals surface area (Å²) in [5, 5.41) is 10.2. The molecule has 0 N–H and O–H groups in total. The molecule has 6 heteroatoms. The summed E-state index contributed by atoms with van der Waals surface area (Å²) in [7, 11) is 0. The summed E-state index contributed by atoms with van der Waals surface area (Å²) in [4.78, 5) is 5.86. The van der Waals surface area contributed by atoms with E-state index in [1.807, 2.05) is 42.5 Å². The molecule has 2 heterocycles. The maximum Gasteiger partial charge on any atom is 0.115 e. The fraction of sp³-hybridized carbons (Fsp3) is 0.0714. The molecule has 100 valence electrons. The third kappa shape index (κ3) is 3.00. The van der Waals surface area contributed by atoms with Gasteiger partial charge in [-0.05, 0) is 24.3 Å². The number of benzene rings is 1. The molecule has 0 saturated heterocycles. The van der Waals surface area contributed by atoms with E-state index in [2.05, 4.69) is 15.2 Å². The lowest BCUT2D eigenvalue weighted by molar-refractivity contribution is 0.745. The highest BCUT2D eigenvalue weighted by Gasteiger charge is 2.06. The summed E-state index contributed by atoms with van der Waals surface area (Å²) in [6.07, 6.45) is 3.49. The van der Waals surface area contributed by atoms with Crippen LogP contribution in [0.1, 0.15) is 5.69 Å². The predicted molar refractivity (Wildman–Crippen MR) is 80.2 cm³/mol. The van der Waals surface area contributed by atoms with Crippen molar-refractivity contribution in [2.75, 3.05) is 0 Å². The number of pyridine rings is 1. The summed E-state index contributed by atoms with van der Waals surface area (Å²) >= 11 is 7.62. The number of hydrogen-bond acceptors (Lipinski definition) is 4. The van der Waals surface area contributed by atoms with Gasteiger partial charge >= 0.3 is 0 Å². The highest BCUT2D eigenvalue weighted by atomic mass is 35.5. The molecule has 0 atom stereocenters. The van der Waals surface area contributed by atoms with E-state index in [9.17, 15) is 0 Å². The zero-order chi connectivity index (χ0) is 13.8. The van der Waals surface area contributed by atoms with Crippen LogP contribution in [0.25, 0.3) is 5.69 Å². The first-order valence-electron chi connectivity index (χ1n) is 6.03. The van der Waals surface area contributed by atoms with Gasteiger partial charge in [0.15, 0.2) is 0 Å². The monoisotopic (exact) mass is 302 g/mol. The molecule has 20 heavy (non-hydrogen) atoms. The number of halogens is 1. The predicted octanol–water partition coefficient (Wildman–Crippen LogP) is 3.61. The Morgan fingerprint density at radius 1 is 1.10 bits per heavy atom. The molecule has 2 aromatic heterocycles. The average Bonchev–Trinajstić information content (AvgIpc) is 2.96. The van der Waals surface area contributed by atoms with Gasteiger partial charge in [-0.15, -0.1) is 0 Å². The third-order valence-corrected chi connectivity index (χ3v) is 4.06. The van der Waals surface area contributed by atoms with Crippen molar-refractivity contribution < 1.29 is 0 Å². The summed E-state index contributed by atoms with van der Waals surface area (Å²) in [6.45, 7) is 0. The molecular formula is C14H11ClN4S. The zero-order valence-electron chi connectivity index (χ0n) is 10.5. The first kappa shape index (κ1) is 13.1. The molecule has 0 aliphatic heterocycles. The Balaban J connectivity index is 1.71. The maximum atomic E-state index is 6.07. The van der Waals surface area contributed by atoms with Crippen LogP contribution < -0.4 is 0 Å². The van der Waals surface area contributed by atoms with Gasteiger partial charge < -0.3 is 0 Å². The van der Waals surface area contributed by atoms with E-state index in [-0.39, 0.29) is 0 Å². The Morgan fingerprint density at radius 3 is 2.75 bits per heavy atom. The molecule has 0 spiro atoms. The number of aromatic nitrogens is 4. The summed E-state index contributed by atoms with van der Waals surface area (Å²) in [6, 6.07) is 13.5. The fourth-order valence-corrected chi connectivity index (χ4v) is 2.71. The van der Waals surface area contributed by atoms with Gasteiger partial charge in [-0.2, -0.15) is 15.0 Å². The van der Waals surface area contributed by atoms with Crippen molar-refractivity contribution in [2.45, 2.75) is 10.8 Å². The summed E-state index contributed by atoms with van der Waals surface area (Å²) in [5.74, 6) is 0.684. The van der Waals surface area contributed by atoms with Crippen molar-refractivity contribution in [2.24, 2.45) is 0 Å². The van der Waals surface area contributed by atoms with Crippen LogP contribution in [0.4, 0.5) is 0 Å². The largest absolute Gasteiger partial charge is 0.248 e. The van der Waals surface area contributed by atoms with E-state index < -0.39 is 0 Å². The second-order valence-corrected chi connectivity index (χ2v) is 5.41. The molecular weight excluding hydrogens is 292 g/mol. The van der Waals surface area contributed by atoms with Gasteiger partial charge in [0.25, 0.3) is 0 Å². The first-order chi connectivity index (χ1) is 9.83. The Labute approximate surface area is 125 Å². The minimum Gasteiger partial charge on any atom is -0.248 e. The minimum atomic E-state index is 0.660. The SMILES string of the molecule is Clc1cccnc1SCc1cnn(-c2ccccc2)n1. The summed E-state index contributed by atoms with van der Waals surface area (Å²) in [5.41, 5.74) is 1.83. The van der Waals surface area contributed by atoms with E-state index in [0.29, 0.717) is 10.8 Å². The molecule has 0 unspecified atom stereocenters. The molecule has 0 amide bonds. The van der Waals surface area contributed by atoms with E-state index in [1.54, 1.807) is 29.0 Å². The maximum absolute atomic E-state index is 6.07. The Morgan fingerprint density at radius 2 is 1.95 bits per heavy atom. The first-order valence-corrected chi connectivity index (χ1v) is 7.39. The lowest BCUT2D eigenvalue weighted by atomic mass is 10.3. The Kier molecular flexibility index (Phi) is 3.99. The lowest BCUT2D eigenvalue weighted by Crippen LogP contribution is -1.98. The topological polar surface area (TPSA) is 43.6 Å². The van der Waals surface area contributed by atoms with Crippen molar-refractivity contribution in [3.8, 4) is 5.69 Å². The highest BCUT2D eigenvalue weighted by molar-refractivity contribution is 7.98. The van der Waals surface area contributed by atoms with Gasteiger partial charge in [0, 0.05) is 11.9 Å².